The molecule has 61 heavy (non-hydrogen) atoms. The average Bonchev–Trinajstić information content (AvgIpc) is 3.24. The zero-order valence-electron chi connectivity index (χ0n) is 41.6. The van der Waals surface area contributed by atoms with Crippen LogP contribution < -0.4 is 0 Å². The van der Waals surface area contributed by atoms with E-state index in [-0.39, 0.29) is 31.1 Å². The van der Waals surface area contributed by atoms with Gasteiger partial charge in [0.2, 0.25) is 0 Å². The minimum atomic E-state index is -0.760. The van der Waals surface area contributed by atoms with E-state index < -0.39 is 6.10 Å². The van der Waals surface area contributed by atoms with E-state index in [0.717, 1.165) is 63.7 Å². The molecule has 362 valence electrons. The molecule has 0 bridgehead atoms. The minimum Gasteiger partial charge on any atom is -0.462 e. The molecule has 0 aromatic rings. The van der Waals surface area contributed by atoms with Gasteiger partial charge in [-0.15, -0.1) is 0 Å². The Balaban J connectivity index is 4.22. The van der Waals surface area contributed by atoms with Crippen molar-refractivity contribution in [1.29, 1.82) is 0 Å². The van der Waals surface area contributed by atoms with Crippen LogP contribution in [0.1, 0.15) is 310 Å². The maximum atomic E-state index is 12.8. The van der Waals surface area contributed by atoms with Crippen LogP contribution >= 0.6 is 0 Å². The van der Waals surface area contributed by atoms with Crippen molar-refractivity contribution in [2.45, 2.75) is 316 Å². The Kier molecular flexibility index (Phi) is 48.1. The van der Waals surface area contributed by atoms with Crippen molar-refractivity contribution in [2.75, 3.05) is 13.2 Å². The van der Waals surface area contributed by atoms with Gasteiger partial charge in [-0.2, -0.15) is 0 Å². The largest absolute Gasteiger partial charge is 0.462 e. The van der Waals surface area contributed by atoms with E-state index in [0.29, 0.717) is 19.3 Å². The van der Waals surface area contributed by atoms with Crippen LogP contribution in [0, 0.1) is 5.92 Å². The fourth-order valence-electron chi connectivity index (χ4n) is 8.39. The van der Waals surface area contributed by atoms with Crippen LogP contribution in [0.4, 0.5) is 0 Å². The lowest BCUT2D eigenvalue weighted by Crippen LogP contribution is -2.30. The fourth-order valence-corrected chi connectivity index (χ4v) is 8.39. The highest BCUT2D eigenvalue weighted by molar-refractivity contribution is 5.71. The van der Waals surface area contributed by atoms with Crippen LogP contribution in [-0.2, 0) is 28.6 Å². The predicted molar refractivity (Wildman–Crippen MR) is 261 cm³/mol. The summed E-state index contributed by atoms with van der Waals surface area (Å²) >= 11 is 0. The molecule has 0 N–H and O–H groups in total. The van der Waals surface area contributed by atoms with Crippen molar-refractivity contribution in [3.8, 4) is 0 Å². The Hall–Kier alpha value is -1.59. The van der Waals surface area contributed by atoms with Crippen LogP contribution in [0.5, 0.6) is 0 Å². The lowest BCUT2D eigenvalue weighted by atomic mass is 10.0. The Morgan fingerprint density at radius 3 is 0.803 bits per heavy atom. The summed E-state index contributed by atoms with van der Waals surface area (Å²) in [7, 11) is 0. The third kappa shape index (κ3) is 49.3. The van der Waals surface area contributed by atoms with Crippen molar-refractivity contribution >= 4 is 17.9 Å². The second kappa shape index (κ2) is 49.4. The summed E-state index contributed by atoms with van der Waals surface area (Å²) in [5.41, 5.74) is 0. The molecule has 1 atom stereocenters. The minimum absolute atomic E-state index is 0.0623. The van der Waals surface area contributed by atoms with E-state index in [1.807, 2.05) is 0 Å². The Morgan fingerprint density at radius 2 is 0.541 bits per heavy atom. The predicted octanol–water partition coefficient (Wildman–Crippen LogP) is 17.8. The summed E-state index contributed by atoms with van der Waals surface area (Å²) < 4.78 is 16.8. The fraction of sp³-hybridized carbons (Fsp3) is 0.945. The van der Waals surface area contributed by atoms with Gasteiger partial charge in [-0.1, -0.05) is 272 Å². The molecule has 0 rings (SSSR count). The van der Waals surface area contributed by atoms with E-state index in [1.54, 1.807) is 0 Å². The molecule has 6 heteroatoms. The normalized spacial score (nSPS) is 12.0. The first-order valence-corrected chi connectivity index (χ1v) is 27.4. The number of hydrogen-bond donors (Lipinski definition) is 0. The molecule has 0 saturated heterocycles. The number of carbonyl (C=O) groups excluding carboxylic acids is 3. The average molecular weight is 863 g/mol. The Morgan fingerprint density at radius 1 is 0.311 bits per heavy atom. The van der Waals surface area contributed by atoms with E-state index >= 15 is 0 Å². The molecule has 0 saturated carbocycles. The van der Waals surface area contributed by atoms with E-state index in [2.05, 4.69) is 27.7 Å². The van der Waals surface area contributed by atoms with Crippen LogP contribution in [-0.4, -0.2) is 37.2 Å². The van der Waals surface area contributed by atoms with Crippen molar-refractivity contribution in [3.63, 3.8) is 0 Å². The van der Waals surface area contributed by atoms with Crippen LogP contribution in [0.25, 0.3) is 0 Å². The highest BCUT2D eigenvalue weighted by Crippen LogP contribution is 2.17. The summed E-state index contributed by atoms with van der Waals surface area (Å²) in [4.78, 5) is 37.9. The number of unbranched alkanes of at least 4 members (excludes halogenated alkanes) is 37. The summed E-state index contributed by atoms with van der Waals surface area (Å²) in [5, 5.41) is 0. The summed E-state index contributed by atoms with van der Waals surface area (Å²) in [6.45, 7) is 9.04. The van der Waals surface area contributed by atoms with E-state index in [1.165, 1.54) is 205 Å². The lowest BCUT2D eigenvalue weighted by Gasteiger charge is -2.18. The van der Waals surface area contributed by atoms with Crippen molar-refractivity contribution in [2.24, 2.45) is 5.92 Å². The lowest BCUT2D eigenvalue weighted by molar-refractivity contribution is -0.167. The third-order valence-electron chi connectivity index (χ3n) is 12.5. The Labute approximate surface area is 380 Å². The molecular formula is C55H106O6. The zero-order chi connectivity index (χ0) is 44.5. The standard InChI is InChI=1S/C55H106O6/c1-5-7-9-11-13-15-16-17-20-24-27-31-35-39-43-47-54(57)60-50-52(49-59-53(56)46-42-38-34-29-14-12-10-8-6-2)61-55(58)48-44-40-36-32-28-25-22-19-18-21-23-26-30-33-37-41-45-51(3)4/h51-52H,5-50H2,1-4H3/t52-/m1/s1. The van der Waals surface area contributed by atoms with Gasteiger partial charge in [0, 0.05) is 19.3 Å². The van der Waals surface area contributed by atoms with Crippen LogP contribution in [0.3, 0.4) is 0 Å². The molecule has 6 nitrogen and oxygen atoms in total. The van der Waals surface area contributed by atoms with Gasteiger partial charge in [-0.25, -0.2) is 0 Å². The van der Waals surface area contributed by atoms with Crippen molar-refractivity contribution in [1.82, 2.24) is 0 Å². The number of esters is 3. The van der Waals surface area contributed by atoms with Gasteiger partial charge in [0.25, 0.3) is 0 Å². The highest BCUT2D eigenvalue weighted by atomic mass is 16.6. The molecule has 0 aliphatic carbocycles. The molecule has 0 aromatic heterocycles. The van der Waals surface area contributed by atoms with Crippen molar-refractivity contribution in [3.05, 3.63) is 0 Å². The molecule has 0 fully saturated rings. The number of hydrogen-bond acceptors (Lipinski definition) is 6. The van der Waals surface area contributed by atoms with Gasteiger partial charge in [0.05, 0.1) is 0 Å². The van der Waals surface area contributed by atoms with Crippen LogP contribution in [0.2, 0.25) is 0 Å². The number of ether oxygens (including phenoxy) is 3. The monoisotopic (exact) mass is 863 g/mol. The maximum Gasteiger partial charge on any atom is 0.306 e. The first-order valence-electron chi connectivity index (χ1n) is 27.4. The molecular weight excluding hydrogens is 757 g/mol. The van der Waals surface area contributed by atoms with Gasteiger partial charge < -0.3 is 14.2 Å². The molecule has 0 aliphatic heterocycles. The van der Waals surface area contributed by atoms with Gasteiger partial charge in [0.1, 0.15) is 13.2 Å². The smallest absolute Gasteiger partial charge is 0.306 e. The number of carbonyl (C=O) groups is 3. The Bertz CT molecular complexity index is 918. The second-order valence-corrected chi connectivity index (χ2v) is 19.3. The molecule has 0 aromatic carbocycles. The molecule has 0 aliphatic rings. The molecule has 0 unspecified atom stereocenters. The molecule has 0 heterocycles. The highest BCUT2D eigenvalue weighted by Gasteiger charge is 2.19. The zero-order valence-corrected chi connectivity index (χ0v) is 41.6. The summed E-state index contributed by atoms with van der Waals surface area (Å²) in [5.74, 6) is 0.00952. The van der Waals surface area contributed by atoms with E-state index in [4.69, 9.17) is 14.2 Å². The van der Waals surface area contributed by atoms with Gasteiger partial charge in [-0.05, 0) is 25.2 Å². The van der Waals surface area contributed by atoms with E-state index in [9.17, 15) is 14.4 Å². The quantitative estimate of drug-likeness (QED) is 0.0344. The second-order valence-electron chi connectivity index (χ2n) is 19.3. The first-order chi connectivity index (χ1) is 29.9. The van der Waals surface area contributed by atoms with Gasteiger partial charge in [-0.3, -0.25) is 14.4 Å². The SMILES string of the molecule is CCCCCCCCCCCCCCCCCC(=O)OC[C@@H](COC(=O)CCCCCCCCCCC)OC(=O)CCCCCCCCCCCCCCCCCCC(C)C. The van der Waals surface area contributed by atoms with Gasteiger partial charge >= 0.3 is 17.9 Å². The van der Waals surface area contributed by atoms with Crippen molar-refractivity contribution < 1.29 is 28.6 Å². The topological polar surface area (TPSA) is 78.9 Å². The van der Waals surface area contributed by atoms with Gasteiger partial charge in [0.15, 0.2) is 6.10 Å². The third-order valence-corrected chi connectivity index (χ3v) is 12.5. The van der Waals surface area contributed by atoms with Crippen LogP contribution in [0.15, 0.2) is 0 Å². The summed E-state index contributed by atoms with van der Waals surface area (Å²) in [6, 6.07) is 0. The molecule has 0 spiro atoms. The molecule has 0 radical (unpaired) electrons. The molecule has 0 amide bonds. The maximum absolute atomic E-state index is 12.8. The summed E-state index contributed by atoms with van der Waals surface area (Å²) in [6.07, 6.45) is 52.4. The number of rotatable bonds is 50. The first kappa shape index (κ1) is 59.4.